The van der Waals surface area contributed by atoms with Crippen LogP contribution in [0.25, 0.3) is 5.52 Å². The van der Waals surface area contributed by atoms with Crippen LogP contribution < -0.4 is 10.2 Å². The highest BCUT2D eigenvalue weighted by Gasteiger charge is 2.25. The first-order valence-electron chi connectivity index (χ1n) is 8.30. The lowest BCUT2D eigenvalue weighted by Gasteiger charge is -2.33. The number of fused-ring (bicyclic) bond motifs is 1. The second kappa shape index (κ2) is 6.39. The van der Waals surface area contributed by atoms with Crippen LogP contribution in [0, 0.1) is 0 Å². The van der Waals surface area contributed by atoms with E-state index in [1.165, 1.54) is 6.92 Å². The fraction of sp³-hybridized carbons (Fsp3) is 0.588. The zero-order valence-electron chi connectivity index (χ0n) is 14.7. The summed E-state index contributed by atoms with van der Waals surface area (Å²) in [5, 5.41) is 7.50. The van der Waals surface area contributed by atoms with Crippen molar-refractivity contribution in [3.05, 3.63) is 24.2 Å². The van der Waals surface area contributed by atoms with Gasteiger partial charge in [0.15, 0.2) is 5.82 Å². The lowest BCUT2D eigenvalue weighted by molar-refractivity contribution is -0.119. The number of morpholine rings is 1. The molecule has 3 heterocycles. The van der Waals surface area contributed by atoms with Crippen molar-refractivity contribution in [2.45, 2.75) is 39.2 Å². The SMILES string of the molecule is CC(=O)NCC1CN(c2nccn3nc(C(C)(C)C)cc23)CCO1. The Morgan fingerprint density at radius 2 is 2.25 bits per heavy atom. The number of anilines is 1. The van der Waals surface area contributed by atoms with Gasteiger partial charge in [0.05, 0.1) is 18.4 Å². The third-order valence-corrected chi connectivity index (χ3v) is 4.15. The first kappa shape index (κ1) is 16.7. The fourth-order valence-corrected chi connectivity index (χ4v) is 2.81. The van der Waals surface area contributed by atoms with Crippen LogP contribution in [-0.2, 0) is 14.9 Å². The third kappa shape index (κ3) is 3.51. The molecule has 3 rings (SSSR count). The molecule has 0 spiro atoms. The molecule has 1 N–H and O–H groups in total. The van der Waals surface area contributed by atoms with E-state index in [9.17, 15) is 4.79 Å². The van der Waals surface area contributed by atoms with Gasteiger partial charge in [-0.05, 0) is 6.07 Å². The fourth-order valence-electron chi connectivity index (χ4n) is 2.81. The molecule has 0 aliphatic carbocycles. The third-order valence-electron chi connectivity index (χ3n) is 4.15. The maximum absolute atomic E-state index is 11.1. The first-order chi connectivity index (χ1) is 11.3. The summed E-state index contributed by atoms with van der Waals surface area (Å²) in [6.45, 7) is 10.6. The van der Waals surface area contributed by atoms with Gasteiger partial charge in [0, 0.05) is 44.4 Å². The normalized spacial score (nSPS) is 18.8. The van der Waals surface area contributed by atoms with E-state index in [1.807, 2.05) is 10.7 Å². The van der Waals surface area contributed by atoms with Crippen LogP contribution in [0.1, 0.15) is 33.4 Å². The Labute approximate surface area is 142 Å². The number of carbonyl (C=O) groups excluding carboxylic acids is 1. The van der Waals surface area contributed by atoms with E-state index < -0.39 is 0 Å². The molecule has 1 amide bonds. The molecule has 0 radical (unpaired) electrons. The second-order valence-electron chi connectivity index (χ2n) is 7.24. The number of aromatic nitrogens is 3. The van der Waals surface area contributed by atoms with E-state index in [-0.39, 0.29) is 17.4 Å². The molecule has 0 saturated carbocycles. The number of amides is 1. The van der Waals surface area contributed by atoms with Gasteiger partial charge in [-0.1, -0.05) is 20.8 Å². The molecule has 1 saturated heterocycles. The number of hydrogen-bond donors (Lipinski definition) is 1. The molecule has 7 nitrogen and oxygen atoms in total. The van der Waals surface area contributed by atoms with E-state index in [0.29, 0.717) is 19.7 Å². The van der Waals surface area contributed by atoms with Crippen molar-refractivity contribution in [2.24, 2.45) is 0 Å². The molecule has 1 aliphatic heterocycles. The molecule has 1 atom stereocenters. The number of rotatable bonds is 3. The van der Waals surface area contributed by atoms with Crippen LogP contribution in [0.5, 0.6) is 0 Å². The summed E-state index contributed by atoms with van der Waals surface area (Å²) in [5.74, 6) is 0.873. The van der Waals surface area contributed by atoms with Gasteiger partial charge in [-0.2, -0.15) is 5.10 Å². The lowest BCUT2D eigenvalue weighted by Crippen LogP contribution is -2.47. The van der Waals surface area contributed by atoms with Crippen LogP contribution in [0.3, 0.4) is 0 Å². The molecular weight excluding hydrogens is 306 g/mol. The van der Waals surface area contributed by atoms with Crippen molar-refractivity contribution in [1.82, 2.24) is 19.9 Å². The van der Waals surface area contributed by atoms with E-state index >= 15 is 0 Å². The minimum atomic E-state index is -0.0402. The largest absolute Gasteiger partial charge is 0.373 e. The van der Waals surface area contributed by atoms with E-state index in [2.05, 4.69) is 47.1 Å². The van der Waals surface area contributed by atoms with Crippen LogP contribution in [-0.4, -0.2) is 52.9 Å². The van der Waals surface area contributed by atoms with Crippen LogP contribution in [0.2, 0.25) is 0 Å². The predicted octanol–water partition coefficient (Wildman–Crippen LogP) is 1.37. The van der Waals surface area contributed by atoms with Gasteiger partial charge in [-0.25, -0.2) is 9.50 Å². The Morgan fingerprint density at radius 3 is 2.96 bits per heavy atom. The predicted molar refractivity (Wildman–Crippen MR) is 92.3 cm³/mol. The number of carbonyl (C=O) groups is 1. The minimum absolute atomic E-state index is 0.0117. The quantitative estimate of drug-likeness (QED) is 0.920. The average molecular weight is 331 g/mol. The minimum Gasteiger partial charge on any atom is -0.373 e. The molecule has 0 aromatic carbocycles. The monoisotopic (exact) mass is 331 g/mol. The highest BCUT2D eigenvalue weighted by atomic mass is 16.5. The molecule has 1 fully saturated rings. The summed E-state index contributed by atoms with van der Waals surface area (Å²) in [6.07, 6.45) is 3.62. The molecule has 24 heavy (non-hydrogen) atoms. The van der Waals surface area contributed by atoms with Crippen molar-refractivity contribution in [3.63, 3.8) is 0 Å². The summed E-state index contributed by atoms with van der Waals surface area (Å²) >= 11 is 0. The maximum atomic E-state index is 11.1. The number of nitrogens with zero attached hydrogens (tertiary/aromatic N) is 4. The highest BCUT2D eigenvalue weighted by molar-refractivity contribution is 5.73. The van der Waals surface area contributed by atoms with E-state index in [0.717, 1.165) is 23.6 Å². The van der Waals surface area contributed by atoms with Gasteiger partial charge in [-0.15, -0.1) is 0 Å². The van der Waals surface area contributed by atoms with E-state index in [1.54, 1.807) is 6.20 Å². The maximum Gasteiger partial charge on any atom is 0.216 e. The average Bonchev–Trinajstić information content (AvgIpc) is 2.97. The van der Waals surface area contributed by atoms with Gasteiger partial charge in [0.25, 0.3) is 0 Å². The van der Waals surface area contributed by atoms with Gasteiger partial charge >= 0.3 is 0 Å². The standard InChI is InChI=1S/C17H25N5O2/c1-12(23)19-10-13-11-21(7-8-24-13)16-14-9-15(17(2,3)4)20-22(14)6-5-18-16/h5-6,9,13H,7-8,10-11H2,1-4H3,(H,19,23). The topological polar surface area (TPSA) is 71.8 Å². The van der Waals surface area contributed by atoms with E-state index in [4.69, 9.17) is 4.74 Å². The van der Waals surface area contributed by atoms with Crippen LogP contribution in [0.15, 0.2) is 18.5 Å². The molecule has 1 unspecified atom stereocenters. The second-order valence-corrected chi connectivity index (χ2v) is 7.24. The zero-order chi connectivity index (χ0) is 17.3. The smallest absolute Gasteiger partial charge is 0.216 e. The lowest BCUT2D eigenvalue weighted by atomic mass is 9.92. The van der Waals surface area contributed by atoms with Crippen molar-refractivity contribution in [2.75, 3.05) is 31.1 Å². The summed E-state index contributed by atoms with van der Waals surface area (Å²) in [5.41, 5.74) is 2.03. The Morgan fingerprint density at radius 1 is 1.46 bits per heavy atom. The summed E-state index contributed by atoms with van der Waals surface area (Å²) < 4.78 is 7.64. The number of ether oxygens (including phenoxy) is 1. The van der Waals surface area contributed by atoms with Crippen molar-refractivity contribution < 1.29 is 9.53 Å². The van der Waals surface area contributed by atoms with Gasteiger partial charge < -0.3 is 15.0 Å². The Bertz CT molecular complexity index is 734. The molecular formula is C17H25N5O2. The van der Waals surface area contributed by atoms with Crippen molar-refractivity contribution >= 4 is 17.2 Å². The van der Waals surface area contributed by atoms with Gasteiger partial charge in [0.1, 0.15) is 5.52 Å². The van der Waals surface area contributed by atoms with Crippen LogP contribution in [0.4, 0.5) is 5.82 Å². The molecule has 2 aromatic rings. The summed E-state index contributed by atoms with van der Waals surface area (Å²) in [4.78, 5) is 17.9. The van der Waals surface area contributed by atoms with Crippen LogP contribution >= 0.6 is 0 Å². The van der Waals surface area contributed by atoms with Crippen molar-refractivity contribution in [3.8, 4) is 0 Å². The van der Waals surface area contributed by atoms with Crippen molar-refractivity contribution in [1.29, 1.82) is 0 Å². The summed E-state index contributed by atoms with van der Waals surface area (Å²) in [7, 11) is 0. The number of hydrogen-bond acceptors (Lipinski definition) is 5. The molecule has 7 heteroatoms. The molecule has 2 aromatic heterocycles. The molecule has 0 bridgehead atoms. The Kier molecular flexibility index (Phi) is 4.45. The molecule has 130 valence electrons. The highest BCUT2D eigenvalue weighted by Crippen LogP contribution is 2.27. The van der Waals surface area contributed by atoms with Gasteiger partial charge in [-0.3, -0.25) is 4.79 Å². The summed E-state index contributed by atoms with van der Waals surface area (Å²) in [6, 6.07) is 2.11. The zero-order valence-corrected chi connectivity index (χ0v) is 14.7. The number of nitrogens with one attached hydrogen (secondary N) is 1. The molecule has 1 aliphatic rings. The first-order valence-corrected chi connectivity index (χ1v) is 8.30. The van der Waals surface area contributed by atoms with Gasteiger partial charge in [0.2, 0.25) is 5.91 Å². The Balaban J connectivity index is 1.85. The Hall–Kier alpha value is -2.15.